The molecule has 0 amide bonds. The van der Waals surface area contributed by atoms with Crippen molar-refractivity contribution in [3.05, 3.63) is 35.9 Å². The fourth-order valence-corrected chi connectivity index (χ4v) is 3.10. The van der Waals surface area contributed by atoms with Crippen LogP contribution in [0.15, 0.2) is 24.7 Å². The lowest BCUT2D eigenvalue weighted by atomic mass is 10.0. The molecule has 2 heterocycles. The van der Waals surface area contributed by atoms with Crippen molar-refractivity contribution in [3.8, 4) is 0 Å². The first-order chi connectivity index (χ1) is 11.9. The topological polar surface area (TPSA) is 75.9 Å². The highest BCUT2D eigenvalue weighted by Crippen LogP contribution is 2.27. The Morgan fingerprint density at radius 2 is 2.08 bits per heavy atom. The average Bonchev–Trinajstić information content (AvgIpc) is 2.80. The number of hydrogen-bond donors (Lipinski definition) is 2. The fraction of sp³-hybridized carbons (Fsp3) is 0.526. The molecule has 0 spiro atoms. The van der Waals surface area contributed by atoms with E-state index in [0.29, 0.717) is 12.5 Å². The quantitative estimate of drug-likeness (QED) is 0.864. The summed E-state index contributed by atoms with van der Waals surface area (Å²) in [5.41, 5.74) is 3.50. The SMILES string of the molecule is Cc1cnc(Nc2cnn(CC(C)(C)O)c2)nc1C1=CCCCCC1. The molecule has 1 aliphatic rings. The van der Waals surface area contributed by atoms with Crippen LogP contribution in [0.5, 0.6) is 0 Å². The van der Waals surface area contributed by atoms with Gasteiger partial charge in [0.05, 0.1) is 29.7 Å². The van der Waals surface area contributed by atoms with Crippen LogP contribution < -0.4 is 5.32 Å². The zero-order valence-electron chi connectivity index (χ0n) is 15.3. The van der Waals surface area contributed by atoms with E-state index < -0.39 is 5.60 Å². The molecule has 0 bridgehead atoms. The Bertz CT molecular complexity index is 757. The van der Waals surface area contributed by atoms with E-state index in [2.05, 4.69) is 28.4 Å². The lowest BCUT2D eigenvalue weighted by Gasteiger charge is -2.16. The Morgan fingerprint density at radius 1 is 1.24 bits per heavy atom. The standard InChI is InChI=1S/C19H27N5O/c1-14-10-20-18(23-17(14)15-8-6-4-5-7-9-15)22-16-11-21-24(12-16)13-19(2,3)25/h8,10-12,25H,4-7,9,13H2,1-3H3,(H,20,22,23). The van der Waals surface area contributed by atoms with E-state index in [4.69, 9.17) is 4.98 Å². The smallest absolute Gasteiger partial charge is 0.227 e. The van der Waals surface area contributed by atoms with Gasteiger partial charge in [-0.2, -0.15) is 5.10 Å². The molecule has 0 aliphatic heterocycles. The highest BCUT2D eigenvalue weighted by molar-refractivity contribution is 5.66. The molecule has 0 atom stereocenters. The lowest BCUT2D eigenvalue weighted by Crippen LogP contribution is -2.26. The second kappa shape index (κ2) is 7.35. The molecule has 25 heavy (non-hydrogen) atoms. The number of rotatable bonds is 5. The minimum absolute atomic E-state index is 0.432. The van der Waals surface area contributed by atoms with Gasteiger partial charge in [-0.05, 0) is 57.6 Å². The van der Waals surface area contributed by atoms with Crippen molar-refractivity contribution in [1.82, 2.24) is 19.7 Å². The maximum atomic E-state index is 9.89. The summed E-state index contributed by atoms with van der Waals surface area (Å²) in [4.78, 5) is 9.14. The molecule has 0 saturated heterocycles. The molecule has 2 N–H and O–H groups in total. The van der Waals surface area contributed by atoms with E-state index >= 15 is 0 Å². The summed E-state index contributed by atoms with van der Waals surface area (Å²) in [7, 11) is 0. The van der Waals surface area contributed by atoms with Crippen molar-refractivity contribution in [2.45, 2.75) is 65.0 Å². The molecular formula is C19H27N5O. The van der Waals surface area contributed by atoms with Crippen LogP contribution in [0, 0.1) is 6.92 Å². The van der Waals surface area contributed by atoms with Gasteiger partial charge in [-0.3, -0.25) is 4.68 Å². The number of nitrogens with one attached hydrogen (secondary N) is 1. The Labute approximate surface area is 149 Å². The largest absolute Gasteiger partial charge is 0.389 e. The van der Waals surface area contributed by atoms with E-state index in [9.17, 15) is 5.11 Å². The van der Waals surface area contributed by atoms with Gasteiger partial charge in [-0.25, -0.2) is 9.97 Å². The summed E-state index contributed by atoms with van der Waals surface area (Å²) in [5, 5.41) is 17.4. The summed E-state index contributed by atoms with van der Waals surface area (Å²) in [5.74, 6) is 0.577. The van der Waals surface area contributed by atoms with Crippen molar-refractivity contribution in [2.24, 2.45) is 0 Å². The Morgan fingerprint density at radius 3 is 2.88 bits per heavy atom. The van der Waals surface area contributed by atoms with Gasteiger partial charge >= 0.3 is 0 Å². The fourth-order valence-electron chi connectivity index (χ4n) is 3.10. The minimum atomic E-state index is -0.803. The van der Waals surface area contributed by atoms with Crippen LogP contribution in [-0.4, -0.2) is 30.5 Å². The monoisotopic (exact) mass is 341 g/mol. The number of hydrogen-bond acceptors (Lipinski definition) is 5. The Kier molecular flexibility index (Phi) is 5.18. The third kappa shape index (κ3) is 4.89. The molecular weight excluding hydrogens is 314 g/mol. The van der Waals surface area contributed by atoms with Crippen LogP contribution >= 0.6 is 0 Å². The number of aryl methyl sites for hydroxylation is 1. The van der Waals surface area contributed by atoms with Crippen LogP contribution in [0.25, 0.3) is 5.57 Å². The third-order valence-corrected chi connectivity index (χ3v) is 4.26. The molecule has 6 nitrogen and oxygen atoms in total. The van der Waals surface area contributed by atoms with Crippen molar-refractivity contribution in [3.63, 3.8) is 0 Å². The van der Waals surface area contributed by atoms with Crippen molar-refractivity contribution < 1.29 is 5.11 Å². The normalized spacial score (nSPS) is 15.6. The third-order valence-electron chi connectivity index (χ3n) is 4.26. The number of aromatic nitrogens is 4. The number of anilines is 2. The molecule has 1 aliphatic carbocycles. The zero-order valence-corrected chi connectivity index (χ0v) is 15.3. The molecule has 0 radical (unpaired) electrons. The molecule has 134 valence electrons. The maximum absolute atomic E-state index is 9.89. The van der Waals surface area contributed by atoms with E-state index in [1.165, 1.54) is 24.8 Å². The molecule has 0 aromatic carbocycles. The molecule has 0 saturated carbocycles. The molecule has 2 aromatic heterocycles. The van der Waals surface area contributed by atoms with Gasteiger partial charge in [0.15, 0.2) is 0 Å². The van der Waals surface area contributed by atoms with Gasteiger partial charge < -0.3 is 10.4 Å². The van der Waals surface area contributed by atoms with Crippen LogP contribution in [0.3, 0.4) is 0 Å². The highest BCUT2D eigenvalue weighted by Gasteiger charge is 2.15. The first-order valence-corrected chi connectivity index (χ1v) is 8.96. The molecule has 0 unspecified atom stereocenters. The highest BCUT2D eigenvalue weighted by atomic mass is 16.3. The molecule has 0 fully saturated rings. The van der Waals surface area contributed by atoms with Gasteiger partial charge in [0.25, 0.3) is 0 Å². The second-order valence-electron chi connectivity index (χ2n) is 7.42. The van der Waals surface area contributed by atoms with Gasteiger partial charge in [0, 0.05) is 12.4 Å². The zero-order chi connectivity index (χ0) is 17.9. The summed E-state index contributed by atoms with van der Waals surface area (Å²) in [6.45, 7) is 6.02. The van der Waals surface area contributed by atoms with Crippen LogP contribution in [0.2, 0.25) is 0 Å². The van der Waals surface area contributed by atoms with Gasteiger partial charge in [0.2, 0.25) is 5.95 Å². The average molecular weight is 341 g/mol. The maximum Gasteiger partial charge on any atom is 0.227 e. The Hall–Kier alpha value is -2.21. The second-order valence-corrected chi connectivity index (χ2v) is 7.42. The lowest BCUT2D eigenvalue weighted by molar-refractivity contribution is 0.0578. The van der Waals surface area contributed by atoms with Crippen LogP contribution in [0.4, 0.5) is 11.6 Å². The van der Waals surface area contributed by atoms with Crippen LogP contribution in [0.1, 0.15) is 57.2 Å². The van der Waals surface area contributed by atoms with Crippen molar-refractivity contribution in [1.29, 1.82) is 0 Å². The predicted molar refractivity (Wildman–Crippen MR) is 99.6 cm³/mol. The number of nitrogens with zero attached hydrogens (tertiary/aromatic N) is 4. The Balaban J connectivity index is 1.77. The van der Waals surface area contributed by atoms with Crippen molar-refractivity contribution >= 4 is 17.2 Å². The first-order valence-electron chi connectivity index (χ1n) is 8.96. The number of aliphatic hydroxyl groups is 1. The predicted octanol–water partition coefficient (Wildman–Crippen LogP) is 3.84. The van der Waals surface area contributed by atoms with E-state index in [-0.39, 0.29) is 0 Å². The minimum Gasteiger partial charge on any atom is -0.389 e. The van der Waals surface area contributed by atoms with E-state index in [1.807, 2.05) is 12.4 Å². The van der Waals surface area contributed by atoms with E-state index in [1.54, 1.807) is 24.7 Å². The van der Waals surface area contributed by atoms with Gasteiger partial charge in [0.1, 0.15) is 0 Å². The van der Waals surface area contributed by atoms with Crippen LogP contribution in [-0.2, 0) is 6.54 Å². The molecule has 3 rings (SSSR count). The number of allylic oxidation sites excluding steroid dienone is 2. The first kappa shape index (κ1) is 17.6. The van der Waals surface area contributed by atoms with Crippen molar-refractivity contribution in [2.75, 3.05) is 5.32 Å². The van der Waals surface area contributed by atoms with E-state index in [0.717, 1.165) is 29.8 Å². The van der Waals surface area contributed by atoms with Gasteiger partial charge in [-0.1, -0.05) is 12.5 Å². The van der Waals surface area contributed by atoms with Gasteiger partial charge in [-0.15, -0.1) is 0 Å². The summed E-state index contributed by atoms with van der Waals surface area (Å²) < 4.78 is 1.71. The summed E-state index contributed by atoms with van der Waals surface area (Å²) in [6.07, 6.45) is 13.8. The molecule has 2 aromatic rings. The molecule has 6 heteroatoms. The summed E-state index contributed by atoms with van der Waals surface area (Å²) >= 11 is 0. The summed E-state index contributed by atoms with van der Waals surface area (Å²) in [6, 6.07) is 0.